The summed E-state index contributed by atoms with van der Waals surface area (Å²) in [6.07, 6.45) is 0. The highest BCUT2D eigenvalue weighted by Gasteiger charge is 2.05. The topological polar surface area (TPSA) is 114 Å². The van der Waals surface area contributed by atoms with Gasteiger partial charge >= 0.3 is 0 Å². The fraction of sp³-hybridized carbons (Fsp3) is 0. The van der Waals surface area contributed by atoms with Crippen LogP contribution in [0.1, 0.15) is 0 Å². The highest BCUT2D eigenvalue weighted by atomic mass is 35.5. The molecule has 9 heteroatoms. The second kappa shape index (κ2) is 5.65. The van der Waals surface area contributed by atoms with Crippen LogP contribution in [0.2, 0.25) is 5.02 Å². The molecule has 7 N–H and O–H groups in total. The van der Waals surface area contributed by atoms with E-state index >= 15 is 0 Å². The third-order valence-corrected chi connectivity index (χ3v) is 2.49. The highest BCUT2D eigenvalue weighted by molar-refractivity contribution is 6.31. The number of benzene rings is 1. The number of hydrazine groups is 2. The summed E-state index contributed by atoms with van der Waals surface area (Å²) in [5, 5.41) is 2.85. The first-order valence-corrected chi connectivity index (χ1v) is 5.54. The van der Waals surface area contributed by atoms with Crippen LogP contribution in [0.5, 0.6) is 0 Å². The van der Waals surface area contributed by atoms with E-state index in [2.05, 4.69) is 26.1 Å². The van der Waals surface area contributed by atoms with Crippen molar-refractivity contribution in [3.8, 4) is 0 Å². The molecule has 1 heterocycles. The summed E-state index contributed by atoms with van der Waals surface area (Å²) in [5.41, 5.74) is 5.28. The molecule has 2 aromatic rings. The van der Waals surface area contributed by atoms with E-state index in [0.717, 1.165) is 0 Å². The fourth-order valence-corrected chi connectivity index (χ4v) is 1.53. The van der Waals surface area contributed by atoms with Gasteiger partial charge in [-0.05, 0) is 18.2 Å². The molecule has 1 aromatic heterocycles. The van der Waals surface area contributed by atoms with Crippen LogP contribution >= 0.6 is 11.6 Å². The summed E-state index contributed by atoms with van der Waals surface area (Å²) in [7, 11) is 0. The number of rotatable bonds is 4. The molecule has 7 nitrogen and oxygen atoms in total. The molecule has 0 amide bonds. The standard InChI is InChI=1S/C10H11ClFN7/c11-6-3-5(1-2-7(6)12)15-10-16-8(18-13)4-9(17-10)19-14/h1-4H,13-14H2,(H3,15,16,17,18,19). The van der Waals surface area contributed by atoms with E-state index in [4.69, 9.17) is 23.3 Å². The minimum atomic E-state index is -0.505. The molecule has 19 heavy (non-hydrogen) atoms. The molecule has 0 bridgehead atoms. The Hall–Kier alpha value is -2.16. The number of nitrogens with zero attached hydrogens (tertiary/aromatic N) is 2. The van der Waals surface area contributed by atoms with Gasteiger partial charge in [-0.2, -0.15) is 9.97 Å². The van der Waals surface area contributed by atoms with Crippen molar-refractivity contribution in [2.75, 3.05) is 16.2 Å². The summed E-state index contributed by atoms with van der Waals surface area (Å²) in [6.45, 7) is 0. The van der Waals surface area contributed by atoms with E-state index in [1.807, 2.05) is 0 Å². The molecule has 0 unspecified atom stereocenters. The summed E-state index contributed by atoms with van der Waals surface area (Å²) >= 11 is 5.68. The first-order valence-electron chi connectivity index (χ1n) is 5.17. The van der Waals surface area contributed by atoms with Gasteiger partial charge in [-0.3, -0.25) is 0 Å². The maximum atomic E-state index is 13.0. The second-order valence-corrected chi connectivity index (χ2v) is 3.91. The van der Waals surface area contributed by atoms with Gasteiger partial charge in [0.15, 0.2) is 0 Å². The van der Waals surface area contributed by atoms with Crippen molar-refractivity contribution in [1.29, 1.82) is 0 Å². The monoisotopic (exact) mass is 283 g/mol. The molecule has 100 valence electrons. The predicted octanol–water partition coefficient (Wildman–Crippen LogP) is 1.58. The summed E-state index contributed by atoms with van der Waals surface area (Å²) in [4.78, 5) is 8.11. The number of hydrogen-bond donors (Lipinski definition) is 5. The van der Waals surface area contributed by atoms with Gasteiger partial charge in [-0.15, -0.1) is 0 Å². The Morgan fingerprint density at radius 2 is 1.68 bits per heavy atom. The van der Waals surface area contributed by atoms with Gasteiger partial charge in [-0.1, -0.05) is 11.6 Å². The zero-order valence-corrected chi connectivity index (χ0v) is 10.4. The Kier molecular flexibility index (Phi) is 3.95. The van der Waals surface area contributed by atoms with Crippen LogP contribution in [0.3, 0.4) is 0 Å². The predicted molar refractivity (Wildman–Crippen MR) is 72.3 cm³/mol. The second-order valence-electron chi connectivity index (χ2n) is 3.50. The average molecular weight is 284 g/mol. The molecule has 1 aromatic carbocycles. The summed E-state index contributed by atoms with van der Waals surface area (Å²) in [6, 6.07) is 5.67. The number of nitrogen functional groups attached to an aromatic ring is 2. The van der Waals surface area contributed by atoms with Crippen LogP contribution in [-0.4, -0.2) is 9.97 Å². The Morgan fingerprint density at radius 1 is 1.05 bits per heavy atom. The van der Waals surface area contributed by atoms with Crippen molar-refractivity contribution in [2.24, 2.45) is 11.7 Å². The number of nitrogens with two attached hydrogens (primary N) is 2. The van der Waals surface area contributed by atoms with Gasteiger partial charge in [0.25, 0.3) is 0 Å². The number of nitrogens with one attached hydrogen (secondary N) is 3. The number of hydrogen-bond acceptors (Lipinski definition) is 7. The highest BCUT2D eigenvalue weighted by Crippen LogP contribution is 2.22. The van der Waals surface area contributed by atoms with Gasteiger partial charge in [0.2, 0.25) is 5.95 Å². The molecule has 0 saturated heterocycles. The van der Waals surface area contributed by atoms with Crippen molar-refractivity contribution in [3.05, 3.63) is 35.1 Å². The number of halogens is 2. The molecule has 0 saturated carbocycles. The van der Waals surface area contributed by atoms with E-state index in [9.17, 15) is 4.39 Å². The lowest BCUT2D eigenvalue weighted by atomic mass is 10.3. The zero-order chi connectivity index (χ0) is 13.8. The van der Waals surface area contributed by atoms with E-state index in [1.54, 1.807) is 0 Å². The molecular formula is C10H11ClFN7. The van der Waals surface area contributed by atoms with Gasteiger partial charge in [-0.25, -0.2) is 16.1 Å². The third kappa shape index (κ3) is 3.19. The van der Waals surface area contributed by atoms with Crippen molar-refractivity contribution >= 4 is 34.9 Å². The average Bonchev–Trinajstić information content (AvgIpc) is 2.42. The molecule has 0 aliphatic rings. The van der Waals surface area contributed by atoms with E-state index in [1.165, 1.54) is 24.3 Å². The number of aromatic nitrogens is 2. The van der Waals surface area contributed by atoms with Crippen LogP contribution in [0.15, 0.2) is 24.3 Å². The quantitative estimate of drug-likeness (QED) is 0.427. The van der Waals surface area contributed by atoms with Crippen LogP contribution in [0, 0.1) is 5.82 Å². The molecule has 0 aliphatic carbocycles. The van der Waals surface area contributed by atoms with Crippen molar-refractivity contribution in [3.63, 3.8) is 0 Å². The van der Waals surface area contributed by atoms with Gasteiger partial charge in [0.1, 0.15) is 17.5 Å². The van der Waals surface area contributed by atoms with Gasteiger partial charge in [0.05, 0.1) is 5.02 Å². The molecule has 0 spiro atoms. The Bertz CT molecular complexity index is 570. The maximum absolute atomic E-state index is 13.0. The molecule has 0 atom stereocenters. The van der Waals surface area contributed by atoms with Gasteiger partial charge < -0.3 is 16.2 Å². The Balaban J connectivity index is 2.29. The number of anilines is 4. The van der Waals surface area contributed by atoms with Crippen LogP contribution < -0.4 is 27.9 Å². The maximum Gasteiger partial charge on any atom is 0.231 e. The van der Waals surface area contributed by atoms with Crippen molar-refractivity contribution in [1.82, 2.24) is 9.97 Å². The van der Waals surface area contributed by atoms with Crippen molar-refractivity contribution < 1.29 is 4.39 Å². The van der Waals surface area contributed by atoms with E-state index < -0.39 is 5.82 Å². The molecule has 0 radical (unpaired) electrons. The molecule has 2 rings (SSSR count). The summed E-state index contributed by atoms with van der Waals surface area (Å²) in [5.74, 6) is 11.0. The molecular weight excluding hydrogens is 273 g/mol. The lowest BCUT2D eigenvalue weighted by Gasteiger charge is -2.09. The molecule has 0 aliphatic heterocycles. The first kappa shape index (κ1) is 13.3. The van der Waals surface area contributed by atoms with Gasteiger partial charge in [0, 0.05) is 11.8 Å². The fourth-order valence-electron chi connectivity index (χ4n) is 1.35. The minimum absolute atomic E-state index is 0.00437. The third-order valence-electron chi connectivity index (χ3n) is 2.20. The van der Waals surface area contributed by atoms with Crippen LogP contribution in [0.25, 0.3) is 0 Å². The smallest absolute Gasteiger partial charge is 0.231 e. The lowest BCUT2D eigenvalue weighted by molar-refractivity contribution is 0.628. The SMILES string of the molecule is NNc1cc(NN)nc(Nc2ccc(F)c(Cl)c2)n1. The first-order chi connectivity index (χ1) is 9.12. The van der Waals surface area contributed by atoms with Crippen LogP contribution in [0.4, 0.5) is 27.7 Å². The van der Waals surface area contributed by atoms with Crippen LogP contribution in [-0.2, 0) is 0 Å². The molecule has 0 fully saturated rings. The van der Waals surface area contributed by atoms with Crippen molar-refractivity contribution in [2.45, 2.75) is 0 Å². The Morgan fingerprint density at radius 3 is 2.21 bits per heavy atom. The summed E-state index contributed by atoms with van der Waals surface area (Å²) < 4.78 is 13.0. The normalized spacial score (nSPS) is 10.1. The lowest BCUT2D eigenvalue weighted by Crippen LogP contribution is -2.14. The minimum Gasteiger partial charge on any atom is -0.324 e. The largest absolute Gasteiger partial charge is 0.324 e. The zero-order valence-electron chi connectivity index (χ0n) is 9.61. The Labute approximate surface area is 113 Å². The van der Waals surface area contributed by atoms with E-state index in [0.29, 0.717) is 17.3 Å². The van der Waals surface area contributed by atoms with E-state index in [-0.39, 0.29) is 11.0 Å².